The van der Waals surface area contributed by atoms with Crippen molar-refractivity contribution in [1.82, 2.24) is 0 Å². The quantitative estimate of drug-likeness (QED) is 0.183. The van der Waals surface area contributed by atoms with Crippen LogP contribution in [0.3, 0.4) is 0 Å². The van der Waals surface area contributed by atoms with Gasteiger partial charge >= 0.3 is 0 Å². The molecule has 4 aromatic carbocycles. The zero-order valence-electron chi connectivity index (χ0n) is 23.2. The van der Waals surface area contributed by atoms with Crippen LogP contribution in [0, 0.1) is 0 Å². The Balaban J connectivity index is 0.000000211. The Morgan fingerprint density at radius 3 is 1.11 bits per heavy atom. The van der Waals surface area contributed by atoms with Crippen molar-refractivity contribution < 1.29 is 13.0 Å². The summed E-state index contributed by atoms with van der Waals surface area (Å²) in [5, 5.41) is 4.31. The van der Waals surface area contributed by atoms with Crippen molar-refractivity contribution in [3.63, 3.8) is 0 Å². The second-order valence-corrected chi connectivity index (χ2v) is 14.2. The number of benzene rings is 4. The minimum atomic E-state index is -4.45. The van der Waals surface area contributed by atoms with Crippen LogP contribution in [0.25, 0.3) is 0 Å². The molecule has 0 N–H and O–H groups in total. The molecule has 5 heteroatoms. The molecule has 0 aliphatic heterocycles. The molecule has 0 radical (unpaired) electrons. The van der Waals surface area contributed by atoms with Crippen LogP contribution in [0.2, 0.25) is 0 Å². The molecule has 0 bridgehead atoms. The van der Waals surface area contributed by atoms with E-state index in [1.54, 1.807) is 0 Å². The van der Waals surface area contributed by atoms with E-state index in [-0.39, 0.29) is 16.7 Å². The SMILES string of the molecule is CC(C)c1cc(C(C)C)c(S(=O)(=O)[O-])c(C(C)C)c1.c1ccc([PH+](c2ccccc2)c2ccccc2)cc1. The van der Waals surface area contributed by atoms with E-state index in [0.717, 1.165) is 5.56 Å². The van der Waals surface area contributed by atoms with Crippen LogP contribution in [0.1, 0.15) is 76.0 Å². The van der Waals surface area contributed by atoms with Crippen LogP contribution in [-0.4, -0.2) is 13.0 Å². The lowest BCUT2D eigenvalue weighted by Crippen LogP contribution is -2.20. The third-order valence-electron chi connectivity index (χ3n) is 6.52. The minimum Gasteiger partial charge on any atom is -0.744 e. The molecule has 0 aromatic heterocycles. The number of rotatable bonds is 7. The Morgan fingerprint density at radius 2 is 0.868 bits per heavy atom. The summed E-state index contributed by atoms with van der Waals surface area (Å²) in [4.78, 5) is -0.0121. The first-order valence-corrected chi connectivity index (χ1v) is 16.1. The Bertz CT molecular complexity index is 1280. The van der Waals surface area contributed by atoms with Gasteiger partial charge in [-0.25, -0.2) is 8.42 Å². The fourth-order valence-corrected chi connectivity index (χ4v) is 8.24. The first kappa shape index (κ1) is 29.8. The topological polar surface area (TPSA) is 57.2 Å². The maximum absolute atomic E-state index is 11.6. The molecule has 0 atom stereocenters. The van der Waals surface area contributed by atoms with Crippen LogP contribution in [-0.2, 0) is 10.1 Å². The number of hydrogen-bond donors (Lipinski definition) is 0. The summed E-state index contributed by atoms with van der Waals surface area (Å²) in [5.74, 6) is 0.322. The number of hydrogen-bond acceptors (Lipinski definition) is 3. The second kappa shape index (κ2) is 13.3. The van der Waals surface area contributed by atoms with Crippen molar-refractivity contribution >= 4 is 34.0 Å². The second-order valence-electron chi connectivity index (χ2n) is 10.4. The van der Waals surface area contributed by atoms with Crippen molar-refractivity contribution in [2.75, 3.05) is 0 Å². The molecule has 0 spiro atoms. The van der Waals surface area contributed by atoms with Gasteiger partial charge in [0, 0.05) is 0 Å². The van der Waals surface area contributed by atoms with E-state index in [1.807, 2.05) is 39.8 Å². The van der Waals surface area contributed by atoms with Crippen molar-refractivity contribution in [3.8, 4) is 0 Å². The summed E-state index contributed by atoms with van der Waals surface area (Å²) >= 11 is 0. The highest BCUT2D eigenvalue weighted by Crippen LogP contribution is 2.35. The Morgan fingerprint density at radius 1 is 0.553 bits per heavy atom. The van der Waals surface area contributed by atoms with Gasteiger partial charge in [-0.3, -0.25) is 0 Å². The van der Waals surface area contributed by atoms with Crippen LogP contribution < -0.4 is 15.9 Å². The van der Waals surface area contributed by atoms with Gasteiger partial charge in [0.1, 0.15) is 26.0 Å². The average molecular weight is 547 g/mol. The predicted molar refractivity (Wildman–Crippen MR) is 163 cm³/mol. The molecule has 0 aliphatic carbocycles. The molecule has 200 valence electrons. The van der Waals surface area contributed by atoms with Crippen molar-refractivity contribution in [2.45, 2.75) is 64.2 Å². The van der Waals surface area contributed by atoms with E-state index in [4.69, 9.17) is 0 Å². The molecule has 0 amide bonds. The summed E-state index contributed by atoms with van der Waals surface area (Å²) in [7, 11) is -5.32. The van der Waals surface area contributed by atoms with E-state index in [2.05, 4.69) is 105 Å². The van der Waals surface area contributed by atoms with Crippen molar-refractivity contribution in [3.05, 3.63) is 120 Å². The van der Waals surface area contributed by atoms with Crippen LogP contribution in [0.5, 0.6) is 0 Å². The molecule has 0 fully saturated rings. The molecule has 0 heterocycles. The van der Waals surface area contributed by atoms with Gasteiger partial charge in [0.2, 0.25) is 0 Å². The smallest absolute Gasteiger partial charge is 0.124 e. The molecule has 3 nitrogen and oxygen atoms in total. The molecule has 4 aromatic rings. The lowest BCUT2D eigenvalue weighted by molar-refractivity contribution is 0.459. The van der Waals surface area contributed by atoms with Gasteiger partial charge in [-0.05, 0) is 70.8 Å². The highest BCUT2D eigenvalue weighted by atomic mass is 32.2. The standard InChI is InChI=1S/C18H15P.C15H24O3S/c1-4-10-16(11-5-1)19(17-12-6-2-7-13-17)18-14-8-3-9-15-18;1-9(2)12-7-13(10(3)4)15(19(16,17)18)14(8-12)11(5)6/h1-15H;7-11H,1-6H3,(H,16,17,18). The highest BCUT2D eigenvalue weighted by molar-refractivity contribution is 7.85. The molecule has 0 unspecified atom stereocenters. The molecular formula is C33H39O3PS. The zero-order chi connectivity index (χ0) is 27.9. The van der Waals surface area contributed by atoms with E-state index in [0.29, 0.717) is 17.0 Å². The largest absolute Gasteiger partial charge is 0.744 e. The van der Waals surface area contributed by atoms with Gasteiger partial charge < -0.3 is 4.55 Å². The summed E-state index contributed by atoms with van der Waals surface area (Å²) in [6, 6.07) is 36.2. The van der Waals surface area contributed by atoms with Gasteiger partial charge in [-0.2, -0.15) is 0 Å². The molecule has 0 aliphatic rings. The summed E-state index contributed by atoms with van der Waals surface area (Å²) in [6.07, 6.45) is 0. The third kappa shape index (κ3) is 7.63. The van der Waals surface area contributed by atoms with E-state index in [9.17, 15) is 13.0 Å². The van der Waals surface area contributed by atoms with Crippen LogP contribution >= 0.6 is 7.92 Å². The summed E-state index contributed by atoms with van der Waals surface area (Å²) in [5.41, 5.74) is 2.37. The third-order valence-corrected chi connectivity index (χ3v) is 10.2. The van der Waals surface area contributed by atoms with Gasteiger partial charge in [-0.1, -0.05) is 108 Å². The molecule has 38 heavy (non-hydrogen) atoms. The normalized spacial score (nSPS) is 11.7. The van der Waals surface area contributed by atoms with Crippen molar-refractivity contribution in [2.24, 2.45) is 0 Å². The Kier molecular flexibility index (Phi) is 10.4. The average Bonchev–Trinajstić information content (AvgIpc) is 2.89. The highest BCUT2D eigenvalue weighted by Gasteiger charge is 2.24. The molecular weight excluding hydrogens is 507 g/mol. The maximum atomic E-state index is 11.6. The lowest BCUT2D eigenvalue weighted by Gasteiger charge is -2.24. The van der Waals surface area contributed by atoms with Crippen LogP contribution in [0.15, 0.2) is 108 Å². The van der Waals surface area contributed by atoms with Crippen molar-refractivity contribution in [1.29, 1.82) is 0 Å². The van der Waals surface area contributed by atoms with E-state index >= 15 is 0 Å². The zero-order valence-corrected chi connectivity index (χ0v) is 25.0. The Hall–Kier alpha value is -2.78. The first-order valence-electron chi connectivity index (χ1n) is 13.2. The van der Waals surface area contributed by atoms with Gasteiger partial charge in [0.25, 0.3) is 0 Å². The van der Waals surface area contributed by atoms with Gasteiger partial charge in [0.15, 0.2) is 0 Å². The summed E-state index contributed by atoms with van der Waals surface area (Å²) < 4.78 is 34.8. The predicted octanol–water partition coefficient (Wildman–Crippen LogP) is 7.14. The van der Waals surface area contributed by atoms with Crippen LogP contribution in [0.4, 0.5) is 0 Å². The Labute approximate surface area is 230 Å². The monoisotopic (exact) mass is 546 g/mol. The minimum absolute atomic E-state index is 0.00919. The fourth-order valence-electron chi connectivity index (χ4n) is 4.49. The van der Waals surface area contributed by atoms with Gasteiger partial charge in [-0.15, -0.1) is 0 Å². The molecule has 0 saturated heterocycles. The molecule has 0 saturated carbocycles. The molecule has 4 rings (SSSR count). The van der Waals surface area contributed by atoms with E-state index < -0.39 is 18.0 Å². The summed E-state index contributed by atoms with van der Waals surface area (Å²) in [6.45, 7) is 11.8. The lowest BCUT2D eigenvalue weighted by atomic mass is 9.89. The first-order chi connectivity index (χ1) is 18.0. The fraction of sp³-hybridized carbons (Fsp3) is 0.273. The van der Waals surface area contributed by atoms with Gasteiger partial charge in [0.05, 0.1) is 12.8 Å². The van der Waals surface area contributed by atoms with E-state index in [1.165, 1.54) is 15.9 Å². The maximum Gasteiger partial charge on any atom is 0.124 e.